The molecule has 0 amide bonds. The van der Waals surface area contributed by atoms with Crippen LogP contribution in [-0.2, 0) is 0 Å². The number of carbonyl (C=O) groups is 1. The van der Waals surface area contributed by atoms with E-state index in [2.05, 4.69) is 20.5 Å². The Morgan fingerprint density at radius 3 is 2.58 bits per heavy atom. The van der Waals surface area contributed by atoms with E-state index in [4.69, 9.17) is 5.11 Å². The first-order valence-electron chi connectivity index (χ1n) is 3.08. The minimum absolute atomic E-state index is 0.0203. The molecule has 0 radical (unpaired) electrons. The van der Waals surface area contributed by atoms with Crippen molar-refractivity contribution in [3.63, 3.8) is 0 Å². The quantitative estimate of drug-likeness (QED) is 0.537. The molecule has 1 aromatic rings. The summed E-state index contributed by atoms with van der Waals surface area (Å²) >= 11 is 2.85. The molecule has 0 unspecified atom stereocenters. The molecule has 64 valence electrons. The summed E-state index contributed by atoms with van der Waals surface area (Å²) in [6.45, 7) is 0. The monoisotopic (exact) mass is 231 g/mol. The van der Waals surface area contributed by atoms with Gasteiger partial charge < -0.3 is 14.6 Å². The van der Waals surface area contributed by atoms with Crippen LogP contribution in [0, 0.1) is 0 Å². The molecule has 0 aliphatic rings. The number of anilines is 1. The number of hydrogen-bond acceptors (Lipinski definition) is 3. The molecule has 1 aromatic carbocycles. The molecule has 0 aliphatic carbocycles. The SMILES string of the molecule is O=C(O)c1cccc(O)c1NBr. The van der Waals surface area contributed by atoms with Gasteiger partial charge in [-0.3, -0.25) is 0 Å². The lowest BCUT2D eigenvalue weighted by Crippen LogP contribution is -1.99. The molecule has 0 bridgehead atoms. The topological polar surface area (TPSA) is 69.6 Å². The number of halogens is 1. The number of hydrogen-bond donors (Lipinski definition) is 3. The third-order valence-corrected chi connectivity index (χ3v) is 1.76. The predicted molar refractivity (Wildman–Crippen MR) is 47.6 cm³/mol. The zero-order chi connectivity index (χ0) is 9.14. The maximum absolute atomic E-state index is 10.6. The predicted octanol–water partition coefficient (Wildman–Crippen LogP) is 1.81. The van der Waals surface area contributed by atoms with Gasteiger partial charge in [0.1, 0.15) is 11.4 Å². The molecular formula is C7H6BrNO3. The van der Waals surface area contributed by atoms with Gasteiger partial charge in [-0.25, -0.2) is 4.79 Å². The Labute approximate surface area is 77.2 Å². The van der Waals surface area contributed by atoms with E-state index in [0.717, 1.165) is 0 Å². The number of phenolic OH excluding ortho intramolecular Hbond substituents is 1. The number of carboxylic acids is 1. The van der Waals surface area contributed by atoms with Crippen molar-refractivity contribution in [1.82, 2.24) is 0 Å². The molecule has 0 aliphatic heterocycles. The summed E-state index contributed by atoms with van der Waals surface area (Å²) < 4.78 is 2.43. The van der Waals surface area contributed by atoms with E-state index in [1.165, 1.54) is 18.2 Å². The Bertz CT molecular complexity index is 314. The van der Waals surface area contributed by atoms with E-state index in [9.17, 15) is 9.90 Å². The van der Waals surface area contributed by atoms with Gasteiger partial charge in [0.05, 0.1) is 5.56 Å². The molecular weight excluding hydrogens is 226 g/mol. The van der Waals surface area contributed by atoms with Crippen LogP contribution in [0.15, 0.2) is 18.2 Å². The molecule has 0 fully saturated rings. The van der Waals surface area contributed by atoms with Crippen LogP contribution in [0.1, 0.15) is 10.4 Å². The summed E-state index contributed by atoms with van der Waals surface area (Å²) in [5, 5.41) is 17.8. The lowest BCUT2D eigenvalue weighted by atomic mass is 10.2. The lowest BCUT2D eigenvalue weighted by Gasteiger charge is -2.04. The highest BCUT2D eigenvalue weighted by Gasteiger charge is 2.11. The lowest BCUT2D eigenvalue weighted by molar-refractivity contribution is 0.0697. The summed E-state index contributed by atoms with van der Waals surface area (Å²) in [5.41, 5.74) is 0.178. The second kappa shape index (κ2) is 3.44. The minimum atomic E-state index is -1.09. The van der Waals surface area contributed by atoms with Crippen molar-refractivity contribution in [2.45, 2.75) is 0 Å². The number of benzene rings is 1. The molecule has 0 heterocycles. The summed E-state index contributed by atoms with van der Waals surface area (Å²) in [5.74, 6) is -1.19. The average Bonchev–Trinajstić information content (AvgIpc) is 2.03. The van der Waals surface area contributed by atoms with E-state index in [1.54, 1.807) is 0 Å². The first-order chi connectivity index (χ1) is 5.66. The molecule has 0 saturated carbocycles. The second-order valence-electron chi connectivity index (χ2n) is 2.10. The highest BCUT2D eigenvalue weighted by Crippen LogP contribution is 2.27. The van der Waals surface area contributed by atoms with Gasteiger partial charge in [-0.05, 0) is 12.1 Å². The zero-order valence-electron chi connectivity index (χ0n) is 5.91. The molecule has 0 saturated heterocycles. The van der Waals surface area contributed by atoms with Crippen molar-refractivity contribution in [2.75, 3.05) is 4.34 Å². The standard InChI is InChI=1S/C7H6BrNO3/c8-9-6-4(7(11)12)2-1-3-5(6)10/h1-3,9-10H,(H,11,12). The van der Waals surface area contributed by atoms with Crippen molar-refractivity contribution in [1.29, 1.82) is 0 Å². The Morgan fingerprint density at radius 1 is 1.50 bits per heavy atom. The Balaban J connectivity index is 3.27. The van der Waals surface area contributed by atoms with E-state index in [1.807, 2.05) is 0 Å². The van der Waals surface area contributed by atoms with E-state index >= 15 is 0 Å². The van der Waals surface area contributed by atoms with Crippen molar-refractivity contribution in [3.8, 4) is 5.75 Å². The zero-order valence-corrected chi connectivity index (χ0v) is 7.50. The summed E-state index contributed by atoms with van der Waals surface area (Å²) in [7, 11) is 0. The number of aromatic hydroxyl groups is 1. The molecule has 3 N–H and O–H groups in total. The fraction of sp³-hybridized carbons (Fsp3) is 0. The smallest absolute Gasteiger partial charge is 0.337 e. The van der Waals surface area contributed by atoms with Gasteiger partial charge in [0.2, 0.25) is 0 Å². The molecule has 1 rings (SSSR count). The van der Waals surface area contributed by atoms with E-state index in [-0.39, 0.29) is 17.0 Å². The molecule has 12 heavy (non-hydrogen) atoms. The van der Waals surface area contributed by atoms with Gasteiger partial charge in [-0.1, -0.05) is 6.07 Å². The molecule has 4 nitrogen and oxygen atoms in total. The van der Waals surface area contributed by atoms with Gasteiger partial charge >= 0.3 is 5.97 Å². The molecule has 5 heteroatoms. The van der Waals surface area contributed by atoms with Gasteiger partial charge in [0.15, 0.2) is 0 Å². The Morgan fingerprint density at radius 2 is 2.17 bits per heavy atom. The number of phenols is 1. The highest BCUT2D eigenvalue weighted by molar-refractivity contribution is 9.10. The highest BCUT2D eigenvalue weighted by atomic mass is 79.9. The maximum atomic E-state index is 10.6. The van der Waals surface area contributed by atoms with Crippen LogP contribution in [0.2, 0.25) is 0 Å². The fourth-order valence-electron chi connectivity index (χ4n) is 0.818. The van der Waals surface area contributed by atoms with Crippen LogP contribution in [0.3, 0.4) is 0 Å². The van der Waals surface area contributed by atoms with Gasteiger partial charge in [-0.2, -0.15) is 0 Å². The van der Waals surface area contributed by atoms with Crippen molar-refractivity contribution < 1.29 is 15.0 Å². The van der Waals surface area contributed by atoms with Crippen LogP contribution in [0.25, 0.3) is 0 Å². The molecule has 0 atom stereocenters. The number of para-hydroxylation sites is 1. The number of carboxylic acid groups (broad SMARTS) is 1. The summed E-state index contributed by atoms with van der Waals surface area (Å²) in [4.78, 5) is 10.6. The average molecular weight is 232 g/mol. The van der Waals surface area contributed by atoms with Crippen LogP contribution in [-0.4, -0.2) is 16.2 Å². The third kappa shape index (κ3) is 1.50. The maximum Gasteiger partial charge on any atom is 0.337 e. The van der Waals surface area contributed by atoms with E-state index in [0.29, 0.717) is 0 Å². The fourth-order valence-corrected chi connectivity index (χ4v) is 1.23. The Kier molecular flexibility index (Phi) is 2.54. The normalized spacial score (nSPS) is 9.42. The minimum Gasteiger partial charge on any atom is -0.506 e. The van der Waals surface area contributed by atoms with Gasteiger partial charge in [0.25, 0.3) is 0 Å². The van der Waals surface area contributed by atoms with Crippen LogP contribution < -0.4 is 4.34 Å². The third-order valence-electron chi connectivity index (χ3n) is 1.37. The van der Waals surface area contributed by atoms with Gasteiger partial charge in [0, 0.05) is 16.1 Å². The summed E-state index contributed by atoms with van der Waals surface area (Å²) in [6.07, 6.45) is 0. The Hall–Kier alpha value is -1.23. The summed E-state index contributed by atoms with van der Waals surface area (Å²) in [6, 6.07) is 4.26. The van der Waals surface area contributed by atoms with Crippen LogP contribution in [0.4, 0.5) is 5.69 Å². The van der Waals surface area contributed by atoms with Crippen molar-refractivity contribution in [3.05, 3.63) is 23.8 Å². The number of nitrogens with one attached hydrogen (secondary N) is 1. The first-order valence-corrected chi connectivity index (χ1v) is 3.88. The molecule has 0 spiro atoms. The first kappa shape index (κ1) is 8.86. The number of rotatable bonds is 2. The largest absolute Gasteiger partial charge is 0.506 e. The van der Waals surface area contributed by atoms with Crippen LogP contribution >= 0.6 is 16.1 Å². The number of aromatic carboxylic acids is 1. The van der Waals surface area contributed by atoms with Crippen LogP contribution in [0.5, 0.6) is 5.75 Å². The second-order valence-corrected chi connectivity index (χ2v) is 2.50. The van der Waals surface area contributed by atoms with Crippen molar-refractivity contribution >= 4 is 27.8 Å². The molecule has 0 aromatic heterocycles. The van der Waals surface area contributed by atoms with E-state index < -0.39 is 5.97 Å². The van der Waals surface area contributed by atoms with Crippen molar-refractivity contribution in [2.24, 2.45) is 0 Å². The van der Waals surface area contributed by atoms with Gasteiger partial charge in [-0.15, -0.1) is 0 Å².